The summed E-state index contributed by atoms with van der Waals surface area (Å²) in [6.45, 7) is 1.65. The minimum Gasteiger partial charge on any atom is -0.454 e. The van der Waals surface area contributed by atoms with Gasteiger partial charge in [0.1, 0.15) is 0 Å². The molecule has 0 saturated carbocycles. The first-order valence-corrected chi connectivity index (χ1v) is 7.57. The van der Waals surface area contributed by atoms with Gasteiger partial charge in [-0.25, -0.2) is 0 Å². The number of fused-ring (bicyclic) bond motifs is 1. The second-order valence-corrected chi connectivity index (χ2v) is 5.52. The Labute approximate surface area is 143 Å². The summed E-state index contributed by atoms with van der Waals surface area (Å²) in [5.74, 6) is 0.769. The number of rotatable bonds is 3. The second kappa shape index (κ2) is 6.67. The van der Waals surface area contributed by atoms with Crippen LogP contribution in [-0.4, -0.2) is 23.6 Å². The van der Waals surface area contributed by atoms with Crippen molar-refractivity contribution in [2.45, 2.75) is 6.92 Å². The number of ether oxygens (including phenoxy) is 2. The molecule has 6 nitrogen and oxygen atoms in total. The highest BCUT2D eigenvalue weighted by molar-refractivity contribution is 7.80. The summed E-state index contributed by atoms with van der Waals surface area (Å²) in [4.78, 5) is 23.4. The smallest absolute Gasteiger partial charge is 0.257 e. The monoisotopic (exact) mass is 342 g/mol. The molecule has 7 heteroatoms. The van der Waals surface area contributed by atoms with Crippen molar-refractivity contribution >= 4 is 34.7 Å². The lowest BCUT2D eigenvalue weighted by molar-refractivity contribution is 0.0975. The maximum absolute atomic E-state index is 12.2. The highest BCUT2D eigenvalue weighted by atomic mass is 32.1. The molecule has 0 fully saturated rings. The molecule has 1 amide bonds. The Hall–Kier alpha value is -2.93. The average molecular weight is 342 g/mol. The predicted molar refractivity (Wildman–Crippen MR) is 92.7 cm³/mol. The van der Waals surface area contributed by atoms with E-state index in [-0.39, 0.29) is 23.6 Å². The quantitative estimate of drug-likeness (QED) is 0.660. The zero-order valence-corrected chi connectivity index (χ0v) is 13.6. The molecule has 2 aromatic carbocycles. The highest BCUT2D eigenvalue weighted by Gasteiger charge is 2.16. The van der Waals surface area contributed by atoms with Crippen LogP contribution in [0.5, 0.6) is 11.5 Å². The SMILES string of the molecule is CC(=O)c1ccc(NC(=S)NC(=O)c2ccc3c(c2)OCO3)cc1. The Bertz CT molecular complexity index is 818. The molecule has 0 unspecified atom stereocenters. The third kappa shape index (κ3) is 3.52. The third-order valence-electron chi connectivity index (χ3n) is 3.41. The second-order valence-electron chi connectivity index (χ2n) is 5.11. The van der Waals surface area contributed by atoms with Gasteiger partial charge < -0.3 is 14.8 Å². The van der Waals surface area contributed by atoms with Crippen LogP contribution < -0.4 is 20.1 Å². The number of benzene rings is 2. The molecule has 2 N–H and O–H groups in total. The fourth-order valence-corrected chi connectivity index (χ4v) is 2.37. The molecular formula is C17H14N2O4S. The van der Waals surface area contributed by atoms with Gasteiger partial charge in [-0.2, -0.15) is 0 Å². The van der Waals surface area contributed by atoms with Crippen LogP contribution in [0.2, 0.25) is 0 Å². The van der Waals surface area contributed by atoms with Crippen LogP contribution in [0, 0.1) is 0 Å². The van der Waals surface area contributed by atoms with Crippen LogP contribution in [0.4, 0.5) is 5.69 Å². The van der Waals surface area contributed by atoms with Crippen LogP contribution in [0.25, 0.3) is 0 Å². The highest BCUT2D eigenvalue weighted by Crippen LogP contribution is 2.32. The molecule has 0 aromatic heterocycles. The average Bonchev–Trinajstić information content (AvgIpc) is 3.02. The number of carbonyl (C=O) groups excluding carboxylic acids is 2. The molecule has 1 aliphatic heterocycles. The lowest BCUT2D eigenvalue weighted by Gasteiger charge is -2.10. The fourth-order valence-electron chi connectivity index (χ4n) is 2.16. The van der Waals surface area contributed by atoms with E-state index >= 15 is 0 Å². The van der Waals surface area contributed by atoms with E-state index in [2.05, 4.69) is 10.6 Å². The van der Waals surface area contributed by atoms with E-state index in [1.165, 1.54) is 6.92 Å². The maximum Gasteiger partial charge on any atom is 0.257 e. The van der Waals surface area contributed by atoms with Crippen molar-refractivity contribution in [3.05, 3.63) is 53.6 Å². The number of hydrogen-bond donors (Lipinski definition) is 2. The summed E-state index contributed by atoms with van der Waals surface area (Å²) >= 11 is 5.13. The van der Waals surface area contributed by atoms with Gasteiger partial charge in [-0.05, 0) is 61.6 Å². The van der Waals surface area contributed by atoms with E-state index in [4.69, 9.17) is 21.7 Å². The minimum absolute atomic E-state index is 0.0137. The fraction of sp³-hybridized carbons (Fsp3) is 0.118. The molecule has 0 atom stereocenters. The van der Waals surface area contributed by atoms with Gasteiger partial charge in [0.2, 0.25) is 6.79 Å². The van der Waals surface area contributed by atoms with E-state index < -0.39 is 0 Å². The molecule has 0 aliphatic carbocycles. The molecular weight excluding hydrogens is 328 g/mol. The lowest BCUT2D eigenvalue weighted by atomic mass is 10.1. The van der Waals surface area contributed by atoms with Crippen LogP contribution >= 0.6 is 12.2 Å². The Balaban J connectivity index is 1.62. The van der Waals surface area contributed by atoms with Gasteiger partial charge in [0, 0.05) is 16.8 Å². The van der Waals surface area contributed by atoms with E-state index in [0.29, 0.717) is 28.3 Å². The number of carbonyl (C=O) groups is 2. The molecule has 0 spiro atoms. The number of ketones is 1. The summed E-state index contributed by atoms with van der Waals surface area (Å²) in [7, 11) is 0. The van der Waals surface area contributed by atoms with Crippen LogP contribution in [0.3, 0.4) is 0 Å². The first kappa shape index (κ1) is 15.9. The number of anilines is 1. The van der Waals surface area contributed by atoms with Gasteiger partial charge in [0.25, 0.3) is 5.91 Å². The summed E-state index contributed by atoms with van der Waals surface area (Å²) < 4.78 is 10.4. The van der Waals surface area contributed by atoms with Crippen molar-refractivity contribution in [3.63, 3.8) is 0 Å². The zero-order valence-electron chi connectivity index (χ0n) is 12.8. The normalized spacial score (nSPS) is 11.7. The first-order valence-electron chi connectivity index (χ1n) is 7.16. The number of hydrogen-bond acceptors (Lipinski definition) is 5. The van der Waals surface area contributed by atoms with Gasteiger partial charge in [0.15, 0.2) is 22.4 Å². The van der Waals surface area contributed by atoms with Crippen LogP contribution in [-0.2, 0) is 0 Å². The number of thiocarbonyl (C=S) groups is 1. The summed E-state index contributed by atoms with van der Waals surface area (Å²) in [5, 5.41) is 5.65. The van der Waals surface area contributed by atoms with Gasteiger partial charge in [0.05, 0.1) is 0 Å². The van der Waals surface area contributed by atoms with E-state index in [0.717, 1.165) is 0 Å². The van der Waals surface area contributed by atoms with Crippen molar-refractivity contribution in [2.24, 2.45) is 0 Å². The Morgan fingerprint density at radius 3 is 2.38 bits per heavy atom. The Morgan fingerprint density at radius 1 is 1.00 bits per heavy atom. The summed E-state index contributed by atoms with van der Waals surface area (Å²) in [6.07, 6.45) is 0. The maximum atomic E-state index is 12.2. The predicted octanol–water partition coefficient (Wildman–Crippen LogP) is 2.74. The molecule has 0 bridgehead atoms. The summed E-state index contributed by atoms with van der Waals surface area (Å²) in [6, 6.07) is 11.7. The van der Waals surface area contributed by atoms with E-state index in [9.17, 15) is 9.59 Å². The van der Waals surface area contributed by atoms with Crippen molar-refractivity contribution in [1.82, 2.24) is 5.32 Å². The largest absolute Gasteiger partial charge is 0.454 e. The van der Waals surface area contributed by atoms with Crippen molar-refractivity contribution in [1.29, 1.82) is 0 Å². The third-order valence-corrected chi connectivity index (χ3v) is 3.62. The van der Waals surface area contributed by atoms with Crippen LogP contribution in [0.1, 0.15) is 27.6 Å². The molecule has 1 aliphatic rings. The summed E-state index contributed by atoms with van der Waals surface area (Å²) in [5.41, 5.74) is 1.70. The topological polar surface area (TPSA) is 76.7 Å². The molecule has 0 saturated heterocycles. The Kier molecular flexibility index (Phi) is 4.43. The van der Waals surface area contributed by atoms with Gasteiger partial charge in [-0.1, -0.05) is 0 Å². The minimum atomic E-state index is -0.355. The van der Waals surface area contributed by atoms with Crippen LogP contribution in [0.15, 0.2) is 42.5 Å². The first-order chi connectivity index (χ1) is 11.5. The number of amides is 1. The van der Waals surface area contributed by atoms with Crippen molar-refractivity contribution in [3.8, 4) is 11.5 Å². The van der Waals surface area contributed by atoms with Crippen molar-refractivity contribution < 1.29 is 19.1 Å². The Morgan fingerprint density at radius 2 is 1.67 bits per heavy atom. The van der Waals surface area contributed by atoms with Gasteiger partial charge in [-0.3, -0.25) is 14.9 Å². The molecule has 24 heavy (non-hydrogen) atoms. The van der Waals surface area contributed by atoms with Crippen molar-refractivity contribution in [2.75, 3.05) is 12.1 Å². The number of Topliss-reactive ketones (excluding diaryl/α,β-unsaturated/α-hetero) is 1. The molecule has 2 aromatic rings. The number of nitrogens with one attached hydrogen (secondary N) is 2. The molecule has 0 radical (unpaired) electrons. The molecule has 122 valence electrons. The zero-order chi connectivity index (χ0) is 17.1. The van der Waals surface area contributed by atoms with E-state index in [1.54, 1.807) is 42.5 Å². The molecule has 1 heterocycles. The standard InChI is InChI=1S/C17H14N2O4S/c1-10(20)11-2-5-13(6-3-11)18-17(24)19-16(21)12-4-7-14-15(8-12)23-9-22-14/h2-8H,9H2,1H3,(H2,18,19,21,24). The van der Waals surface area contributed by atoms with Gasteiger partial charge in [-0.15, -0.1) is 0 Å². The lowest BCUT2D eigenvalue weighted by Crippen LogP contribution is -2.34. The van der Waals surface area contributed by atoms with Gasteiger partial charge >= 0.3 is 0 Å². The molecule has 3 rings (SSSR count). The van der Waals surface area contributed by atoms with E-state index in [1.807, 2.05) is 0 Å².